The molecule has 0 aliphatic heterocycles. The van der Waals surface area contributed by atoms with Crippen molar-refractivity contribution in [2.24, 2.45) is 0 Å². The third-order valence-corrected chi connectivity index (χ3v) is 10.4. The summed E-state index contributed by atoms with van der Waals surface area (Å²) < 4.78 is 12.7. The number of nitrogens with zero attached hydrogens (tertiary/aromatic N) is 4. The minimum absolute atomic E-state index is 0.588. The second kappa shape index (κ2) is 13.0. The molecular formula is C50H30N4O2. The summed E-state index contributed by atoms with van der Waals surface area (Å²) in [5.41, 5.74) is 11.2. The van der Waals surface area contributed by atoms with Gasteiger partial charge in [-0.2, -0.15) is 0 Å². The number of fused-ring (bicyclic) bond motifs is 5. The maximum atomic E-state index is 6.45. The topological polar surface area (TPSA) is 77.8 Å². The first-order chi connectivity index (χ1) is 27.7. The van der Waals surface area contributed by atoms with Gasteiger partial charge in [0.05, 0.1) is 0 Å². The van der Waals surface area contributed by atoms with Gasteiger partial charge in [0.2, 0.25) is 5.89 Å². The smallest absolute Gasteiger partial charge is 0.227 e. The summed E-state index contributed by atoms with van der Waals surface area (Å²) in [5, 5.41) is 4.20. The molecule has 0 aliphatic rings. The van der Waals surface area contributed by atoms with E-state index in [2.05, 4.69) is 97.1 Å². The molecule has 0 saturated carbocycles. The summed E-state index contributed by atoms with van der Waals surface area (Å²) in [6.45, 7) is 0. The van der Waals surface area contributed by atoms with Crippen LogP contribution >= 0.6 is 0 Å². The van der Waals surface area contributed by atoms with Crippen LogP contribution in [0, 0.1) is 0 Å². The zero-order valence-corrected chi connectivity index (χ0v) is 29.9. The molecule has 0 radical (unpaired) electrons. The van der Waals surface area contributed by atoms with Crippen LogP contribution in [-0.4, -0.2) is 19.9 Å². The highest BCUT2D eigenvalue weighted by Crippen LogP contribution is 2.41. The van der Waals surface area contributed by atoms with E-state index < -0.39 is 0 Å². The Balaban J connectivity index is 1.03. The van der Waals surface area contributed by atoms with Crippen molar-refractivity contribution in [3.63, 3.8) is 0 Å². The molecule has 3 heterocycles. The number of oxazole rings is 1. The Morgan fingerprint density at radius 1 is 0.321 bits per heavy atom. The van der Waals surface area contributed by atoms with E-state index in [0.717, 1.165) is 88.3 Å². The highest BCUT2D eigenvalue weighted by atomic mass is 16.4. The molecule has 8 aromatic carbocycles. The van der Waals surface area contributed by atoms with Crippen molar-refractivity contribution in [3.8, 4) is 67.9 Å². The molecule has 0 bridgehead atoms. The number of aromatic nitrogens is 4. The monoisotopic (exact) mass is 718 g/mol. The molecule has 0 saturated heterocycles. The van der Waals surface area contributed by atoms with Crippen LogP contribution in [0.3, 0.4) is 0 Å². The van der Waals surface area contributed by atoms with Gasteiger partial charge in [0.25, 0.3) is 0 Å². The van der Waals surface area contributed by atoms with Crippen LogP contribution in [-0.2, 0) is 0 Å². The Morgan fingerprint density at radius 2 is 0.929 bits per heavy atom. The lowest BCUT2D eigenvalue weighted by Crippen LogP contribution is -2.00. The van der Waals surface area contributed by atoms with Crippen molar-refractivity contribution >= 4 is 43.8 Å². The molecule has 0 amide bonds. The van der Waals surface area contributed by atoms with E-state index in [1.807, 2.05) is 84.9 Å². The first kappa shape index (κ1) is 31.8. The normalized spacial score (nSPS) is 11.6. The van der Waals surface area contributed by atoms with Gasteiger partial charge < -0.3 is 8.83 Å². The number of benzene rings is 8. The van der Waals surface area contributed by atoms with Crippen molar-refractivity contribution in [3.05, 3.63) is 182 Å². The quantitative estimate of drug-likeness (QED) is 0.170. The van der Waals surface area contributed by atoms with Crippen molar-refractivity contribution in [1.29, 1.82) is 0 Å². The largest absolute Gasteiger partial charge is 0.456 e. The molecule has 0 unspecified atom stereocenters. The lowest BCUT2D eigenvalue weighted by Gasteiger charge is -2.12. The SMILES string of the molecule is c1ccc(-c2cccc(-c3nc(-c4ccccc4)nc(-c4ccc5c(-c6cccc7oc8cc9nc(-c%10ccccc%10)oc9cc8c67)cccc5c4)n3)c2)cc1. The molecule has 56 heavy (non-hydrogen) atoms. The van der Waals surface area contributed by atoms with Crippen molar-refractivity contribution in [2.75, 3.05) is 0 Å². The Kier molecular flexibility index (Phi) is 7.38. The van der Waals surface area contributed by atoms with Gasteiger partial charge in [0.1, 0.15) is 16.7 Å². The Morgan fingerprint density at radius 3 is 1.70 bits per heavy atom. The highest BCUT2D eigenvalue weighted by Gasteiger charge is 2.19. The standard InChI is InChI=1S/C50H30N4O2/c1-4-13-31(14-5-1)34-19-10-21-36(27-34)48-52-47(32-15-6-2-7-16-32)53-49(54-48)37-25-26-38-35(28-37)20-11-22-39(38)40-23-12-24-43-46(40)41-29-45-42(30-44(41)55-43)51-50(56-45)33-17-8-3-9-18-33/h1-30H. The molecule has 0 spiro atoms. The fraction of sp³-hybridized carbons (Fsp3) is 0. The van der Waals surface area contributed by atoms with Gasteiger partial charge in [-0.25, -0.2) is 19.9 Å². The molecule has 11 rings (SSSR count). The van der Waals surface area contributed by atoms with E-state index in [-0.39, 0.29) is 0 Å². The number of rotatable bonds is 6. The van der Waals surface area contributed by atoms with Crippen molar-refractivity contribution in [1.82, 2.24) is 19.9 Å². The lowest BCUT2D eigenvalue weighted by molar-refractivity contribution is 0.620. The summed E-state index contributed by atoms with van der Waals surface area (Å²) in [4.78, 5) is 19.9. The van der Waals surface area contributed by atoms with Crippen LogP contribution in [0.2, 0.25) is 0 Å². The average Bonchev–Trinajstić information content (AvgIpc) is 3.86. The van der Waals surface area contributed by atoms with E-state index in [4.69, 9.17) is 28.8 Å². The predicted molar refractivity (Wildman–Crippen MR) is 225 cm³/mol. The summed E-state index contributed by atoms with van der Waals surface area (Å²) in [7, 11) is 0. The maximum absolute atomic E-state index is 6.45. The third kappa shape index (κ3) is 5.51. The first-order valence-corrected chi connectivity index (χ1v) is 18.5. The molecule has 6 nitrogen and oxygen atoms in total. The van der Waals surface area contributed by atoms with Crippen LogP contribution < -0.4 is 0 Å². The summed E-state index contributed by atoms with van der Waals surface area (Å²) in [6, 6.07) is 61.9. The van der Waals surface area contributed by atoms with Gasteiger partial charge in [0.15, 0.2) is 23.1 Å². The van der Waals surface area contributed by atoms with Crippen LogP contribution in [0.25, 0.3) is 112 Å². The molecule has 0 N–H and O–H groups in total. The van der Waals surface area contributed by atoms with Crippen LogP contribution in [0.5, 0.6) is 0 Å². The minimum Gasteiger partial charge on any atom is -0.456 e. The number of hydrogen-bond donors (Lipinski definition) is 0. The Labute approximate surface area is 321 Å². The van der Waals surface area contributed by atoms with Crippen molar-refractivity contribution < 1.29 is 8.83 Å². The van der Waals surface area contributed by atoms with Gasteiger partial charge in [-0.05, 0) is 69.4 Å². The maximum Gasteiger partial charge on any atom is 0.227 e. The minimum atomic E-state index is 0.588. The second-order valence-corrected chi connectivity index (χ2v) is 13.8. The second-order valence-electron chi connectivity index (χ2n) is 13.8. The molecule has 3 aromatic heterocycles. The summed E-state index contributed by atoms with van der Waals surface area (Å²) in [5.74, 6) is 2.44. The Bertz CT molecular complexity index is 3240. The zero-order chi connectivity index (χ0) is 37.0. The first-order valence-electron chi connectivity index (χ1n) is 18.5. The van der Waals surface area contributed by atoms with Crippen LogP contribution in [0.1, 0.15) is 0 Å². The van der Waals surface area contributed by atoms with Gasteiger partial charge in [-0.3, -0.25) is 0 Å². The van der Waals surface area contributed by atoms with Gasteiger partial charge in [-0.1, -0.05) is 140 Å². The average molecular weight is 719 g/mol. The highest BCUT2D eigenvalue weighted by molar-refractivity contribution is 6.17. The molecular weight excluding hydrogens is 689 g/mol. The van der Waals surface area contributed by atoms with Gasteiger partial charge >= 0.3 is 0 Å². The molecule has 6 heteroatoms. The van der Waals surface area contributed by atoms with Gasteiger partial charge in [-0.15, -0.1) is 0 Å². The van der Waals surface area contributed by atoms with Crippen molar-refractivity contribution in [2.45, 2.75) is 0 Å². The number of hydrogen-bond acceptors (Lipinski definition) is 6. The third-order valence-electron chi connectivity index (χ3n) is 10.4. The fourth-order valence-electron chi connectivity index (χ4n) is 7.65. The van der Waals surface area contributed by atoms with E-state index in [9.17, 15) is 0 Å². The molecule has 0 atom stereocenters. The number of furan rings is 1. The van der Waals surface area contributed by atoms with Gasteiger partial charge in [0, 0.05) is 39.1 Å². The molecule has 11 aromatic rings. The van der Waals surface area contributed by atoms with E-state index in [0.29, 0.717) is 23.4 Å². The van der Waals surface area contributed by atoms with E-state index >= 15 is 0 Å². The molecule has 0 aliphatic carbocycles. The fourth-order valence-corrected chi connectivity index (χ4v) is 7.65. The van der Waals surface area contributed by atoms with Crippen LogP contribution in [0.15, 0.2) is 191 Å². The van der Waals surface area contributed by atoms with E-state index in [1.165, 1.54) is 0 Å². The lowest BCUT2D eigenvalue weighted by atomic mass is 9.94. The van der Waals surface area contributed by atoms with Crippen LogP contribution in [0.4, 0.5) is 0 Å². The summed E-state index contributed by atoms with van der Waals surface area (Å²) in [6.07, 6.45) is 0. The predicted octanol–water partition coefficient (Wildman–Crippen LogP) is 13.1. The Hall–Kier alpha value is -7.70. The molecule has 0 fully saturated rings. The zero-order valence-electron chi connectivity index (χ0n) is 29.9. The summed E-state index contributed by atoms with van der Waals surface area (Å²) >= 11 is 0. The molecule has 262 valence electrons. The van der Waals surface area contributed by atoms with E-state index in [1.54, 1.807) is 0 Å².